The fraction of sp³-hybridized carbons (Fsp3) is 0.360. The smallest absolute Gasteiger partial charge is 0.229 e. The van der Waals surface area contributed by atoms with Crippen molar-refractivity contribution in [2.24, 2.45) is 0 Å². The predicted molar refractivity (Wildman–Crippen MR) is 119 cm³/mol. The van der Waals surface area contributed by atoms with E-state index in [0.29, 0.717) is 24.9 Å². The Morgan fingerprint density at radius 2 is 1.66 bits per heavy atom. The number of nitrogens with zero attached hydrogens (tertiary/aromatic N) is 4. The zero-order valence-corrected chi connectivity index (χ0v) is 17.9. The van der Waals surface area contributed by atoms with Crippen LogP contribution in [0.15, 0.2) is 48.5 Å². The third kappa shape index (κ3) is 4.58. The number of para-hydroxylation sites is 1. The van der Waals surface area contributed by atoms with Crippen molar-refractivity contribution in [3.63, 3.8) is 0 Å². The molecular formula is C25H26F2N4O. The van der Waals surface area contributed by atoms with Gasteiger partial charge in [0, 0.05) is 39.1 Å². The molecule has 0 unspecified atom stereocenters. The van der Waals surface area contributed by atoms with E-state index in [1.54, 1.807) is 30.3 Å². The van der Waals surface area contributed by atoms with Crippen molar-refractivity contribution in [2.45, 2.75) is 38.8 Å². The van der Waals surface area contributed by atoms with Crippen molar-refractivity contribution < 1.29 is 13.5 Å². The Labute approximate surface area is 186 Å². The van der Waals surface area contributed by atoms with Gasteiger partial charge in [0.2, 0.25) is 11.8 Å². The van der Waals surface area contributed by atoms with E-state index < -0.39 is 5.82 Å². The fourth-order valence-electron chi connectivity index (χ4n) is 4.36. The van der Waals surface area contributed by atoms with Crippen LogP contribution in [0.3, 0.4) is 0 Å². The Morgan fingerprint density at radius 1 is 0.875 bits per heavy atom. The van der Waals surface area contributed by atoms with Crippen molar-refractivity contribution in [3.05, 3.63) is 77.0 Å². The van der Waals surface area contributed by atoms with Crippen LogP contribution in [0.2, 0.25) is 0 Å². The lowest BCUT2D eigenvalue weighted by atomic mass is 10.1. The molecule has 0 radical (unpaired) electrons. The van der Waals surface area contributed by atoms with Gasteiger partial charge in [-0.3, -0.25) is 4.90 Å². The first kappa shape index (κ1) is 20.8. The number of piperidine rings is 1. The van der Waals surface area contributed by atoms with Crippen molar-refractivity contribution in [3.8, 4) is 11.6 Å². The largest absolute Gasteiger partial charge is 0.435 e. The zero-order valence-electron chi connectivity index (χ0n) is 17.9. The molecule has 0 aliphatic carbocycles. The number of halogens is 2. The molecule has 2 aliphatic rings. The zero-order chi connectivity index (χ0) is 21.9. The van der Waals surface area contributed by atoms with Gasteiger partial charge in [0.05, 0.1) is 11.3 Å². The third-order valence-electron chi connectivity index (χ3n) is 6.09. The maximum atomic E-state index is 14.3. The van der Waals surface area contributed by atoms with Crippen LogP contribution in [0.5, 0.6) is 11.6 Å². The lowest BCUT2D eigenvalue weighted by Gasteiger charge is -2.32. The average Bonchev–Trinajstić information content (AvgIpc) is 2.83. The summed E-state index contributed by atoms with van der Waals surface area (Å²) in [7, 11) is 0. The second-order valence-corrected chi connectivity index (χ2v) is 8.42. The molecule has 0 spiro atoms. The second kappa shape index (κ2) is 9.20. The quantitative estimate of drug-likeness (QED) is 0.557. The second-order valence-electron chi connectivity index (χ2n) is 8.42. The monoisotopic (exact) mass is 436 g/mol. The Morgan fingerprint density at radius 3 is 2.44 bits per heavy atom. The summed E-state index contributed by atoms with van der Waals surface area (Å²) in [6.45, 7) is 3.96. The Balaban J connectivity index is 1.45. The van der Waals surface area contributed by atoms with Gasteiger partial charge >= 0.3 is 0 Å². The third-order valence-corrected chi connectivity index (χ3v) is 6.09. The summed E-state index contributed by atoms with van der Waals surface area (Å²) in [5.74, 6) is 0.593. The molecule has 2 aliphatic heterocycles. The van der Waals surface area contributed by atoms with E-state index in [0.717, 1.165) is 55.7 Å². The molecule has 0 N–H and O–H groups in total. The van der Waals surface area contributed by atoms with E-state index in [9.17, 15) is 8.78 Å². The highest BCUT2D eigenvalue weighted by Gasteiger charge is 2.26. The Hall–Kier alpha value is -3.06. The van der Waals surface area contributed by atoms with Gasteiger partial charge in [-0.15, -0.1) is 0 Å². The van der Waals surface area contributed by atoms with Gasteiger partial charge in [-0.05, 0) is 49.1 Å². The van der Waals surface area contributed by atoms with E-state index in [1.807, 2.05) is 0 Å². The highest BCUT2D eigenvalue weighted by molar-refractivity contribution is 5.44. The Bertz CT molecular complexity index is 1080. The molecule has 0 amide bonds. The molecule has 1 saturated heterocycles. The highest BCUT2D eigenvalue weighted by atomic mass is 19.1. The summed E-state index contributed by atoms with van der Waals surface area (Å²) in [4.78, 5) is 14.1. The lowest BCUT2D eigenvalue weighted by molar-refractivity contribution is 0.237. The van der Waals surface area contributed by atoms with Gasteiger partial charge in [0.1, 0.15) is 5.82 Å². The molecule has 32 heavy (non-hydrogen) atoms. The number of anilines is 1. The predicted octanol–water partition coefficient (Wildman–Crippen LogP) is 5.10. The van der Waals surface area contributed by atoms with E-state index in [4.69, 9.17) is 14.7 Å². The molecule has 1 fully saturated rings. The Kier molecular flexibility index (Phi) is 5.99. The fourth-order valence-corrected chi connectivity index (χ4v) is 4.36. The number of aromatic nitrogens is 2. The molecule has 3 heterocycles. The molecule has 3 aromatic rings. The standard InChI is InChI=1S/C25H26F2N4O/c26-19-10-8-18(9-11-19)16-30-15-12-22-20(17-30)24(32-23-7-3-2-6-21(23)27)29-25(28-22)31-13-4-1-5-14-31/h2-3,6-11H,1,4-5,12-17H2. The normalized spacial score (nSPS) is 16.6. The van der Waals surface area contributed by atoms with Gasteiger partial charge in [0.25, 0.3) is 0 Å². The number of rotatable bonds is 5. The number of fused-ring (bicyclic) bond motifs is 1. The molecule has 0 saturated carbocycles. The van der Waals surface area contributed by atoms with E-state index in [2.05, 4.69) is 9.80 Å². The van der Waals surface area contributed by atoms with Crippen molar-refractivity contribution >= 4 is 5.95 Å². The molecule has 1 aromatic heterocycles. The molecule has 0 atom stereocenters. The number of hydrogen-bond donors (Lipinski definition) is 0. The lowest BCUT2D eigenvalue weighted by Crippen LogP contribution is -2.34. The van der Waals surface area contributed by atoms with Gasteiger partial charge in [-0.1, -0.05) is 24.3 Å². The maximum Gasteiger partial charge on any atom is 0.229 e. The van der Waals surface area contributed by atoms with E-state index in [1.165, 1.54) is 24.6 Å². The summed E-state index contributed by atoms with van der Waals surface area (Å²) < 4.78 is 33.6. The van der Waals surface area contributed by atoms with Gasteiger partial charge in [-0.2, -0.15) is 4.98 Å². The molecular weight excluding hydrogens is 410 g/mol. The SMILES string of the molecule is Fc1ccc(CN2CCc3nc(N4CCCCC4)nc(Oc4ccccc4F)c3C2)cc1. The molecule has 2 aromatic carbocycles. The van der Waals surface area contributed by atoms with Crippen LogP contribution < -0.4 is 9.64 Å². The minimum atomic E-state index is -0.418. The summed E-state index contributed by atoms with van der Waals surface area (Å²) >= 11 is 0. The first-order chi connectivity index (χ1) is 15.7. The van der Waals surface area contributed by atoms with Crippen LogP contribution in [0.1, 0.15) is 36.1 Å². The summed E-state index contributed by atoms with van der Waals surface area (Å²) in [5.41, 5.74) is 2.89. The van der Waals surface area contributed by atoms with Crippen LogP contribution in [0, 0.1) is 11.6 Å². The van der Waals surface area contributed by atoms with E-state index in [-0.39, 0.29) is 11.6 Å². The number of benzene rings is 2. The number of ether oxygens (including phenoxy) is 1. The van der Waals surface area contributed by atoms with Crippen LogP contribution in [-0.4, -0.2) is 34.5 Å². The molecule has 5 rings (SSSR count). The number of hydrogen-bond acceptors (Lipinski definition) is 5. The van der Waals surface area contributed by atoms with Crippen LogP contribution in [-0.2, 0) is 19.5 Å². The van der Waals surface area contributed by atoms with Gasteiger partial charge < -0.3 is 9.64 Å². The molecule has 5 nitrogen and oxygen atoms in total. The van der Waals surface area contributed by atoms with Gasteiger partial charge in [0.15, 0.2) is 11.6 Å². The van der Waals surface area contributed by atoms with Crippen LogP contribution in [0.4, 0.5) is 14.7 Å². The minimum absolute atomic E-state index is 0.161. The summed E-state index contributed by atoms with van der Waals surface area (Å²) in [6, 6.07) is 13.0. The first-order valence-corrected chi connectivity index (χ1v) is 11.2. The highest BCUT2D eigenvalue weighted by Crippen LogP contribution is 2.33. The topological polar surface area (TPSA) is 41.5 Å². The van der Waals surface area contributed by atoms with Crippen LogP contribution >= 0.6 is 0 Å². The average molecular weight is 437 g/mol. The molecule has 0 bridgehead atoms. The molecule has 7 heteroatoms. The first-order valence-electron chi connectivity index (χ1n) is 11.2. The van der Waals surface area contributed by atoms with Crippen LogP contribution in [0.25, 0.3) is 0 Å². The van der Waals surface area contributed by atoms with Crippen molar-refractivity contribution in [1.82, 2.24) is 14.9 Å². The van der Waals surface area contributed by atoms with E-state index >= 15 is 0 Å². The minimum Gasteiger partial charge on any atom is -0.435 e. The van der Waals surface area contributed by atoms with Gasteiger partial charge in [-0.25, -0.2) is 13.8 Å². The summed E-state index contributed by atoms with van der Waals surface area (Å²) in [5, 5.41) is 0. The van der Waals surface area contributed by atoms with Crippen molar-refractivity contribution in [2.75, 3.05) is 24.5 Å². The summed E-state index contributed by atoms with van der Waals surface area (Å²) in [6.07, 6.45) is 4.22. The van der Waals surface area contributed by atoms with Crippen molar-refractivity contribution in [1.29, 1.82) is 0 Å². The maximum absolute atomic E-state index is 14.3. The molecule has 166 valence electrons.